The summed E-state index contributed by atoms with van der Waals surface area (Å²) in [4.78, 5) is 11.3. The average molecular weight is 226 g/mol. The smallest absolute Gasteiger partial charge is 0.352 e. The van der Waals surface area contributed by atoms with Gasteiger partial charge in [-0.3, -0.25) is 4.79 Å². The highest BCUT2D eigenvalue weighted by Crippen LogP contribution is 2.21. The van der Waals surface area contributed by atoms with Crippen LogP contribution >= 0.6 is 0 Å². The van der Waals surface area contributed by atoms with E-state index in [4.69, 9.17) is 5.73 Å². The molecule has 0 aromatic rings. The second-order valence-electron chi connectivity index (χ2n) is 4.00. The van der Waals surface area contributed by atoms with Crippen LogP contribution in [0.25, 0.3) is 0 Å². The molecule has 90 valence electrons. The summed E-state index contributed by atoms with van der Waals surface area (Å²) in [6.07, 6.45) is -5.31. The Bertz CT molecular complexity index is 216. The number of nitrogens with one attached hydrogen (secondary N) is 1. The van der Waals surface area contributed by atoms with Crippen LogP contribution in [0.1, 0.15) is 27.2 Å². The number of carbonyl (C=O) groups excluding carboxylic acids is 1. The largest absolute Gasteiger partial charge is 0.391 e. The van der Waals surface area contributed by atoms with Crippen LogP contribution in [-0.2, 0) is 4.79 Å². The molecule has 6 heteroatoms. The fraction of sp³-hybridized carbons (Fsp3) is 0.889. The van der Waals surface area contributed by atoms with Crippen LogP contribution in [0.2, 0.25) is 0 Å². The van der Waals surface area contributed by atoms with Crippen molar-refractivity contribution in [3.8, 4) is 0 Å². The van der Waals surface area contributed by atoms with Crippen LogP contribution < -0.4 is 11.1 Å². The third-order valence-electron chi connectivity index (χ3n) is 1.95. The van der Waals surface area contributed by atoms with Crippen LogP contribution in [0.5, 0.6) is 0 Å². The van der Waals surface area contributed by atoms with E-state index in [0.29, 0.717) is 0 Å². The summed E-state index contributed by atoms with van der Waals surface area (Å²) in [7, 11) is 0. The van der Waals surface area contributed by atoms with Gasteiger partial charge in [0.15, 0.2) is 0 Å². The first-order valence-electron chi connectivity index (χ1n) is 4.76. The Balaban J connectivity index is 4.08. The van der Waals surface area contributed by atoms with Gasteiger partial charge in [-0.15, -0.1) is 0 Å². The van der Waals surface area contributed by atoms with E-state index in [1.165, 1.54) is 6.92 Å². The van der Waals surface area contributed by atoms with E-state index in [0.717, 1.165) is 0 Å². The van der Waals surface area contributed by atoms with Crippen molar-refractivity contribution in [2.24, 2.45) is 11.7 Å². The zero-order valence-corrected chi connectivity index (χ0v) is 9.06. The second-order valence-corrected chi connectivity index (χ2v) is 4.00. The fourth-order valence-corrected chi connectivity index (χ4v) is 1.04. The highest BCUT2D eigenvalue weighted by atomic mass is 19.4. The van der Waals surface area contributed by atoms with Gasteiger partial charge in [0.2, 0.25) is 5.91 Å². The molecule has 2 unspecified atom stereocenters. The topological polar surface area (TPSA) is 55.1 Å². The SMILES string of the molecule is CC(CC(F)(F)F)NC(=O)C(N)C(C)C. The lowest BCUT2D eigenvalue weighted by atomic mass is 10.0. The van der Waals surface area contributed by atoms with Crippen molar-refractivity contribution in [1.29, 1.82) is 0 Å². The van der Waals surface area contributed by atoms with Crippen LogP contribution in [0.4, 0.5) is 13.2 Å². The fourth-order valence-electron chi connectivity index (χ4n) is 1.04. The van der Waals surface area contributed by atoms with Crippen molar-refractivity contribution in [1.82, 2.24) is 5.32 Å². The van der Waals surface area contributed by atoms with E-state index in [2.05, 4.69) is 5.32 Å². The van der Waals surface area contributed by atoms with E-state index in [-0.39, 0.29) is 5.92 Å². The molecular formula is C9H17F3N2O. The normalized spacial score (nSPS) is 16.3. The Morgan fingerprint density at radius 3 is 2.13 bits per heavy atom. The molecule has 0 saturated carbocycles. The molecule has 2 atom stereocenters. The minimum atomic E-state index is -4.27. The maximum Gasteiger partial charge on any atom is 0.391 e. The summed E-state index contributed by atoms with van der Waals surface area (Å²) < 4.78 is 35.8. The third-order valence-corrected chi connectivity index (χ3v) is 1.95. The molecule has 15 heavy (non-hydrogen) atoms. The first-order valence-corrected chi connectivity index (χ1v) is 4.76. The van der Waals surface area contributed by atoms with Gasteiger partial charge in [0.05, 0.1) is 12.5 Å². The molecule has 0 heterocycles. The van der Waals surface area contributed by atoms with Crippen molar-refractivity contribution < 1.29 is 18.0 Å². The van der Waals surface area contributed by atoms with Crippen LogP contribution in [0.3, 0.4) is 0 Å². The molecule has 0 saturated heterocycles. The Morgan fingerprint density at radius 1 is 1.33 bits per heavy atom. The Hall–Kier alpha value is -0.780. The summed E-state index contributed by atoms with van der Waals surface area (Å²) in [5.41, 5.74) is 5.48. The standard InChI is InChI=1S/C9H17F3N2O/c1-5(2)7(13)8(15)14-6(3)4-9(10,11)12/h5-7H,4,13H2,1-3H3,(H,14,15). The molecule has 0 aromatic heterocycles. The minimum Gasteiger partial charge on any atom is -0.352 e. The molecule has 0 bridgehead atoms. The highest BCUT2D eigenvalue weighted by molar-refractivity contribution is 5.81. The van der Waals surface area contributed by atoms with E-state index < -0.39 is 30.6 Å². The number of amides is 1. The van der Waals surface area contributed by atoms with Crippen LogP contribution in [0.15, 0.2) is 0 Å². The number of rotatable bonds is 4. The van der Waals surface area contributed by atoms with Gasteiger partial charge in [-0.2, -0.15) is 13.2 Å². The summed E-state index contributed by atoms with van der Waals surface area (Å²) >= 11 is 0. The number of nitrogens with two attached hydrogens (primary N) is 1. The molecule has 0 fully saturated rings. The monoisotopic (exact) mass is 226 g/mol. The predicted molar refractivity (Wildman–Crippen MR) is 51.1 cm³/mol. The quantitative estimate of drug-likeness (QED) is 0.761. The van der Waals surface area contributed by atoms with Crippen molar-refractivity contribution in [2.45, 2.75) is 45.5 Å². The first-order chi connectivity index (χ1) is 6.63. The molecule has 3 nitrogen and oxygen atoms in total. The Morgan fingerprint density at radius 2 is 1.80 bits per heavy atom. The van der Waals surface area contributed by atoms with Crippen molar-refractivity contribution >= 4 is 5.91 Å². The molecule has 0 rings (SSSR count). The number of halogens is 3. The number of hydrogen-bond acceptors (Lipinski definition) is 2. The molecule has 1 amide bonds. The lowest BCUT2D eigenvalue weighted by Crippen LogP contribution is -2.47. The lowest BCUT2D eigenvalue weighted by Gasteiger charge is -2.20. The van der Waals surface area contributed by atoms with E-state index in [9.17, 15) is 18.0 Å². The van der Waals surface area contributed by atoms with Crippen LogP contribution in [-0.4, -0.2) is 24.2 Å². The number of hydrogen-bond donors (Lipinski definition) is 2. The van der Waals surface area contributed by atoms with Gasteiger partial charge in [-0.05, 0) is 12.8 Å². The molecule has 0 aliphatic heterocycles. The zero-order valence-electron chi connectivity index (χ0n) is 9.06. The molecule has 3 N–H and O–H groups in total. The van der Waals surface area contributed by atoms with Crippen molar-refractivity contribution in [3.63, 3.8) is 0 Å². The van der Waals surface area contributed by atoms with Crippen molar-refractivity contribution in [3.05, 3.63) is 0 Å². The Kier molecular flexibility index (Phi) is 5.07. The van der Waals surface area contributed by atoms with Crippen LogP contribution in [0, 0.1) is 5.92 Å². The molecule has 0 aromatic carbocycles. The van der Waals surface area contributed by atoms with Crippen molar-refractivity contribution in [2.75, 3.05) is 0 Å². The summed E-state index contributed by atoms with van der Waals surface area (Å²) in [6, 6.07) is -1.71. The van der Waals surface area contributed by atoms with E-state index in [1.54, 1.807) is 13.8 Å². The molecule has 0 aliphatic rings. The van der Waals surface area contributed by atoms with Gasteiger partial charge in [0.25, 0.3) is 0 Å². The van der Waals surface area contributed by atoms with Gasteiger partial charge in [0, 0.05) is 6.04 Å². The second kappa shape index (κ2) is 5.34. The molecule has 0 aliphatic carbocycles. The maximum atomic E-state index is 11.9. The first kappa shape index (κ1) is 14.2. The summed E-state index contributed by atoms with van der Waals surface area (Å²) in [5, 5.41) is 2.23. The molecule has 0 radical (unpaired) electrons. The van der Waals surface area contributed by atoms with E-state index >= 15 is 0 Å². The van der Waals surface area contributed by atoms with Gasteiger partial charge in [-0.1, -0.05) is 13.8 Å². The highest BCUT2D eigenvalue weighted by Gasteiger charge is 2.31. The average Bonchev–Trinajstić information content (AvgIpc) is 1.98. The van der Waals surface area contributed by atoms with Gasteiger partial charge >= 0.3 is 6.18 Å². The van der Waals surface area contributed by atoms with Gasteiger partial charge in [-0.25, -0.2) is 0 Å². The minimum absolute atomic E-state index is 0.0944. The van der Waals surface area contributed by atoms with Gasteiger partial charge in [0.1, 0.15) is 0 Å². The number of alkyl halides is 3. The third kappa shape index (κ3) is 6.33. The number of carbonyl (C=O) groups is 1. The molecule has 0 spiro atoms. The zero-order chi connectivity index (χ0) is 12.2. The molecular weight excluding hydrogens is 209 g/mol. The predicted octanol–water partition coefficient (Wildman–Crippen LogP) is 1.43. The Labute approximate surface area is 87.2 Å². The lowest BCUT2D eigenvalue weighted by molar-refractivity contribution is -0.141. The summed E-state index contributed by atoms with van der Waals surface area (Å²) in [5.74, 6) is -0.634. The summed E-state index contributed by atoms with van der Waals surface area (Å²) in [6.45, 7) is 4.77. The van der Waals surface area contributed by atoms with Gasteiger partial charge < -0.3 is 11.1 Å². The maximum absolute atomic E-state index is 11.9. The van der Waals surface area contributed by atoms with E-state index in [1.807, 2.05) is 0 Å².